The van der Waals surface area contributed by atoms with Gasteiger partial charge in [-0.1, -0.05) is 11.3 Å². The average Bonchev–Trinajstić information content (AvgIpc) is 3.29. The van der Waals surface area contributed by atoms with E-state index < -0.39 is 0 Å². The number of carbonyl (C=O) groups excluding carboxylic acids is 1. The minimum atomic E-state index is -0.270. The Kier molecular flexibility index (Phi) is 4.46. The Hall–Kier alpha value is -1.22. The van der Waals surface area contributed by atoms with Gasteiger partial charge in [-0.2, -0.15) is 0 Å². The summed E-state index contributed by atoms with van der Waals surface area (Å²) >= 11 is 3.10. The molecule has 1 atom stereocenters. The Morgan fingerprint density at radius 2 is 2.08 bits per heavy atom. The molecule has 0 aromatic carbocycles. The highest BCUT2D eigenvalue weighted by Crippen LogP contribution is 2.35. The van der Waals surface area contributed by atoms with Crippen molar-refractivity contribution in [3.05, 3.63) is 10.9 Å². The zero-order chi connectivity index (χ0) is 16.7. The van der Waals surface area contributed by atoms with Gasteiger partial charge in [0.25, 0.3) is 5.91 Å². The Balaban J connectivity index is 1.57. The molecule has 2 aromatic rings. The van der Waals surface area contributed by atoms with Crippen molar-refractivity contribution < 1.29 is 14.3 Å². The van der Waals surface area contributed by atoms with E-state index in [1.807, 2.05) is 30.0 Å². The lowest BCUT2D eigenvalue weighted by atomic mass is 10.0. The molecule has 24 heavy (non-hydrogen) atoms. The number of hydrogen-bond donors (Lipinski definition) is 0. The van der Waals surface area contributed by atoms with Crippen molar-refractivity contribution >= 4 is 43.2 Å². The fourth-order valence-electron chi connectivity index (χ4n) is 3.25. The number of fused-ring (bicyclic) bond motifs is 1. The third kappa shape index (κ3) is 2.92. The lowest BCUT2D eigenvalue weighted by Gasteiger charge is -2.37. The van der Waals surface area contributed by atoms with Crippen molar-refractivity contribution in [3.63, 3.8) is 0 Å². The van der Waals surface area contributed by atoms with E-state index in [-0.39, 0.29) is 18.2 Å². The predicted molar refractivity (Wildman–Crippen MR) is 96.2 cm³/mol. The van der Waals surface area contributed by atoms with E-state index in [0.717, 1.165) is 45.3 Å². The van der Waals surface area contributed by atoms with Crippen LogP contribution in [0.15, 0.2) is 6.07 Å². The number of thiazole rings is 1. The van der Waals surface area contributed by atoms with Crippen LogP contribution in [-0.4, -0.2) is 62.0 Å². The Bertz CT molecular complexity index is 705. The molecule has 4 heterocycles. The largest absolute Gasteiger partial charge is 0.354 e. The number of aromatic nitrogens is 1. The first-order valence-electron chi connectivity index (χ1n) is 8.25. The van der Waals surface area contributed by atoms with Gasteiger partial charge in [0.15, 0.2) is 11.4 Å². The summed E-state index contributed by atoms with van der Waals surface area (Å²) < 4.78 is 12.4. The molecule has 6 nitrogen and oxygen atoms in total. The molecule has 0 bridgehead atoms. The van der Waals surface area contributed by atoms with Gasteiger partial charge in [-0.05, 0) is 25.3 Å². The molecule has 8 heteroatoms. The highest BCUT2D eigenvalue weighted by atomic mass is 32.1. The van der Waals surface area contributed by atoms with Crippen LogP contribution in [0, 0.1) is 0 Å². The fraction of sp³-hybridized carbons (Fsp3) is 0.625. The van der Waals surface area contributed by atoms with Crippen molar-refractivity contribution in [1.29, 1.82) is 0 Å². The summed E-state index contributed by atoms with van der Waals surface area (Å²) in [5, 5.41) is 0.971. The van der Waals surface area contributed by atoms with Gasteiger partial charge >= 0.3 is 0 Å². The van der Waals surface area contributed by atoms with Gasteiger partial charge in [0.1, 0.15) is 4.83 Å². The number of anilines is 1. The molecule has 2 fully saturated rings. The molecule has 4 rings (SSSR count). The maximum Gasteiger partial charge on any atom is 0.264 e. The van der Waals surface area contributed by atoms with Crippen LogP contribution in [0.2, 0.25) is 0 Å². The monoisotopic (exact) mass is 367 g/mol. The summed E-state index contributed by atoms with van der Waals surface area (Å²) in [6.45, 7) is 2.01. The number of thiophene rings is 1. The van der Waals surface area contributed by atoms with Crippen molar-refractivity contribution in [3.8, 4) is 0 Å². The molecule has 0 aliphatic carbocycles. The Morgan fingerprint density at radius 3 is 2.79 bits per heavy atom. The maximum atomic E-state index is 13.0. The Labute approximate surface area is 149 Å². The minimum Gasteiger partial charge on any atom is -0.354 e. The molecule has 2 aliphatic heterocycles. The van der Waals surface area contributed by atoms with Crippen LogP contribution in [-0.2, 0) is 9.47 Å². The van der Waals surface area contributed by atoms with Crippen molar-refractivity contribution in [2.75, 3.05) is 38.8 Å². The van der Waals surface area contributed by atoms with Crippen LogP contribution in [0.4, 0.5) is 5.13 Å². The summed E-state index contributed by atoms with van der Waals surface area (Å²) in [6, 6.07) is 2.01. The Morgan fingerprint density at radius 1 is 1.29 bits per heavy atom. The summed E-state index contributed by atoms with van der Waals surface area (Å²) in [4.78, 5) is 23.3. The average molecular weight is 367 g/mol. The van der Waals surface area contributed by atoms with Crippen LogP contribution in [0.5, 0.6) is 0 Å². The number of likely N-dealkylation sites (tertiary alicyclic amines) is 1. The zero-order valence-electron chi connectivity index (χ0n) is 13.9. The maximum absolute atomic E-state index is 13.0. The third-order valence-electron chi connectivity index (χ3n) is 4.44. The van der Waals surface area contributed by atoms with Gasteiger partial charge in [-0.3, -0.25) is 4.79 Å². The van der Waals surface area contributed by atoms with Crippen LogP contribution < -0.4 is 4.90 Å². The molecule has 0 radical (unpaired) electrons. The quantitative estimate of drug-likeness (QED) is 0.835. The number of piperidine rings is 1. The van der Waals surface area contributed by atoms with Crippen LogP contribution in [0.1, 0.15) is 28.9 Å². The predicted octanol–water partition coefficient (Wildman–Crippen LogP) is 2.79. The van der Waals surface area contributed by atoms with E-state index in [4.69, 9.17) is 9.47 Å². The highest BCUT2D eigenvalue weighted by Gasteiger charge is 2.37. The number of hydrogen-bond acceptors (Lipinski definition) is 7. The molecule has 2 aliphatic rings. The van der Waals surface area contributed by atoms with Crippen molar-refractivity contribution in [2.24, 2.45) is 0 Å². The van der Waals surface area contributed by atoms with Gasteiger partial charge < -0.3 is 19.3 Å². The first-order chi connectivity index (χ1) is 11.6. The summed E-state index contributed by atoms with van der Waals surface area (Å²) in [5.41, 5.74) is 0. The van der Waals surface area contributed by atoms with E-state index in [0.29, 0.717) is 13.2 Å². The topological polar surface area (TPSA) is 54.9 Å². The van der Waals surface area contributed by atoms with Crippen molar-refractivity contribution in [2.45, 2.75) is 31.6 Å². The number of nitrogens with zero attached hydrogens (tertiary/aromatic N) is 3. The lowest BCUT2D eigenvalue weighted by Crippen LogP contribution is -2.50. The first kappa shape index (κ1) is 16.3. The summed E-state index contributed by atoms with van der Waals surface area (Å²) in [7, 11) is 3.96. The van der Waals surface area contributed by atoms with Gasteiger partial charge in [0.2, 0.25) is 0 Å². The van der Waals surface area contributed by atoms with E-state index in [9.17, 15) is 4.79 Å². The summed E-state index contributed by atoms with van der Waals surface area (Å²) in [6.07, 6.45) is 2.83. The molecule has 0 saturated carbocycles. The van der Waals surface area contributed by atoms with Crippen molar-refractivity contribution in [1.82, 2.24) is 9.88 Å². The van der Waals surface area contributed by atoms with Gasteiger partial charge in [-0.25, -0.2) is 4.98 Å². The van der Waals surface area contributed by atoms with E-state index >= 15 is 0 Å². The molecule has 2 saturated heterocycles. The van der Waals surface area contributed by atoms with Gasteiger partial charge in [-0.15, -0.1) is 11.3 Å². The highest BCUT2D eigenvalue weighted by molar-refractivity contribution is 7.29. The third-order valence-corrected chi connectivity index (χ3v) is 6.76. The van der Waals surface area contributed by atoms with Gasteiger partial charge in [0.05, 0.1) is 28.8 Å². The SMILES string of the molecule is CN(C)c1nc2sc(C(=O)N3CCCC[C@H]3C3OCCO3)cc2s1. The van der Waals surface area contributed by atoms with E-state index in [2.05, 4.69) is 4.98 Å². The van der Waals surface area contributed by atoms with Crippen LogP contribution in [0.3, 0.4) is 0 Å². The molecule has 130 valence electrons. The van der Waals surface area contributed by atoms with Crippen LogP contribution in [0.25, 0.3) is 9.53 Å². The second-order valence-electron chi connectivity index (χ2n) is 6.34. The van der Waals surface area contributed by atoms with Gasteiger partial charge in [0, 0.05) is 20.6 Å². The lowest BCUT2D eigenvalue weighted by molar-refractivity contribution is -0.100. The number of ether oxygens (including phenoxy) is 2. The molecular weight excluding hydrogens is 346 g/mol. The normalized spacial score (nSPS) is 22.4. The van der Waals surface area contributed by atoms with E-state index in [1.165, 1.54) is 11.3 Å². The first-order valence-corrected chi connectivity index (χ1v) is 9.88. The second-order valence-corrected chi connectivity index (χ2v) is 8.38. The fourth-order valence-corrected chi connectivity index (χ4v) is 5.34. The smallest absolute Gasteiger partial charge is 0.264 e. The van der Waals surface area contributed by atoms with Crippen LogP contribution >= 0.6 is 22.7 Å². The molecule has 0 unspecified atom stereocenters. The summed E-state index contributed by atoms with van der Waals surface area (Å²) in [5.74, 6) is 0.0837. The molecule has 0 N–H and O–H groups in total. The second kappa shape index (κ2) is 6.59. The standard InChI is InChI=1S/C16H21N3O3S2/c1-18(2)16-17-13-11(24-16)9-12(23-13)14(20)19-6-4-3-5-10(19)15-21-7-8-22-15/h9-10,15H,3-8H2,1-2H3/t10-/m0/s1. The zero-order valence-corrected chi connectivity index (χ0v) is 15.5. The molecule has 1 amide bonds. The molecule has 0 spiro atoms. The number of carbonyl (C=O) groups is 1. The number of rotatable bonds is 3. The molecular formula is C16H21N3O3S2. The number of amides is 1. The minimum absolute atomic E-state index is 0.0270. The molecule has 2 aromatic heterocycles. The van der Waals surface area contributed by atoms with E-state index in [1.54, 1.807) is 11.3 Å².